The van der Waals surface area contributed by atoms with Gasteiger partial charge in [-0.15, -0.1) is 0 Å². The smallest absolute Gasteiger partial charge is 0.306 e. The van der Waals surface area contributed by atoms with Gasteiger partial charge in [-0.2, -0.15) is 0 Å². The van der Waals surface area contributed by atoms with Crippen molar-refractivity contribution in [3.05, 3.63) is 11.6 Å². The number of hydrogen-bond acceptors (Lipinski definition) is 3. The molecule has 31 heavy (non-hydrogen) atoms. The molecule has 3 fully saturated rings. The Morgan fingerprint density at radius 2 is 1.94 bits per heavy atom. The maximum atomic E-state index is 11.4. The van der Waals surface area contributed by atoms with Crippen molar-refractivity contribution in [3.63, 3.8) is 0 Å². The van der Waals surface area contributed by atoms with Gasteiger partial charge in [0.05, 0.1) is 19.5 Å². The van der Waals surface area contributed by atoms with E-state index in [1.165, 1.54) is 6.92 Å². The molecule has 0 heterocycles. The highest BCUT2D eigenvalue weighted by Gasteiger charge is 2.61. The molecule has 4 nitrogen and oxygen atoms in total. The molecule has 176 valence electrons. The number of aliphatic hydroxyl groups excluding tert-OH is 1. The maximum Gasteiger partial charge on any atom is 0.306 e. The Morgan fingerprint density at radius 1 is 1.19 bits per heavy atom. The minimum atomic E-state index is -1.73. The van der Waals surface area contributed by atoms with Gasteiger partial charge in [-0.1, -0.05) is 52.2 Å². The average molecular weight is 436 g/mol. The molecule has 0 aliphatic heterocycles. The molecule has 0 aromatic heterocycles. The van der Waals surface area contributed by atoms with E-state index in [2.05, 4.69) is 20.8 Å². The molecule has 4 aliphatic carbocycles. The third-order valence-electron chi connectivity index (χ3n) is 10.1. The second-order valence-corrected chi connectivity index (χ2v) is 11.7. The maximum absolute atomic E-state index is 11.4. The summed E-state index contributed by atoms with van der Waals surface area (Å²) >= 11 is 0. The summed E-state index contributed by atoms with van der Waals surface area (Å²) in [5.41, 5.74) is 1.02. The van der Waals surface area contributed by atoms with Crippen molar-refractivity contribution in [2.45, 2.75) is 104 Å². The van der Waals surface area contributed by atoms with Gasteiger partial charge in [0.2, 0.25) is 0 Å². The van der Waals surface area contributed by atoms with Gasteiger partial charge < -0.3 is 15.3 Å². The van der Waals surface area contributed by atoms with Crippen LogP contribution in [0.4, 0.5) is 0 Å². The standard InChI is InChI=1S/C27H44O4/c1-16(6-5-7-17(2)25(30)31)20-8-9-21-24-22(11-13-27(20,21)4)26(3)12-10-19(28)14-18(26)15-23(24)29/h15-17,19-24,28-29H,5-14H2,1-4H3,(H,30,31)/t16?,17?,19-,20?,21?,22?,23?,24?,26-,27+/m0/s1/i7D2,23D. The van der Waals surface area contributed by atoms with Gasteiger partial charge in [0, 0.05) is 2.74 Å². The van der Waals surface area contributed by atoms with Crippen molar-refractivity contribution in [1.29, 1.82) is 0 Å². The van der Waals surface area contributed by atoms with Crippen LogP contribution >= 0.6 is 0 Å². The quantitative estimate of drug-likeness (QED) is 0.487. The number of hydrogen-bond donors (Lipinski definition) is 3. The van der Waals surface area contributed by atoms with E-state index in [4.69, 9.17) is 4.11 Å². The monoisotopic (exact) mass is 435 g/mol. The van der Waals surface area contributed by atoms with E-state index in [0.717, 1.165) is 44.1 Å². The Bertz CT molecular complexity index is 842. The third kappa shape index (κ3) is 3.90. The molecule has 0 spiro atoms. The lowest BCUT2D eigenvalue weighted by Crippen LogP contribution is -2.54. The molecule has 0 radical (unpaired) electrons. The Kier molecular flexibility index (Phi) is 5.36. The Hall–Kier alpha value is -0.870. The lowest BCUT2D eigenvalue weighted by atomic mass is 9.46. The van der Waals surface area contributed by atoms with E-state index in [-0.39, 0.29) is 47.0 Å². The molecule has 4 aliphatic rings. The van der Waals surface area contributed by atoms with Crippen LogP contribution in [0.1, 0.15) is 96.0 Å². The van der Waals surface area contributed by atoms with Crippen LogP contribution < -0.4 is 0 Å². The summed E-state index contributed by atoms with van der Waals surface area (Å²) in [6.45, 7) is 8.26. The van der Waals surface area contributed by atoms with Gasteiger partial charge in [0.15, 0.2) is 0 Å². The second kappa shape index (κ2) is 8.48. The number of aliphatic carboxylic acids is 1. The summed E-state index contributed by atoms with van der Waals surface area (Å²) in [5, 5.41) is 30.9. The zero-order valence-electron chi connectivity index (χ0n) is 22.7. The zero-order chi connectivity index (χ0) is 25.3. The largest absolute Gasteiger partial charge is 0.481 e. The molecular weight excluding hydrogens is 388 g/mol. The lowest BCUT2D eigenvalue weighted by Gasteiger charge is -2.59. The van der Waals surface area contributed by atoms with Gasteiger partial charge in [0.1, 0.15) is 0 Å². The number of aliphatic hydroxyl groups is 2. The summed E-state index contributed by atoms with van der Waals surface area (Å²) in [4.78, 5) is 11.3. The van der Waals surface area contributed by atoms with E-state index in [9.17, 15) is 20.1 Å². The fraction of sp³-hybridized carbons (Fsp3) is 0.889. The molecule has 0 bridgehead atoms. The molecule has 4 heteroatoms. The number of carbonyl (C=O) groups is 1. The zero-order valence-corrected chi connectivity index (χ0v) is 19.7. The summed E-state index contributed by atoms with van der Waals surface area (Å²) in [6, 6.07) is 0. The van der Waals surface area contributed by atoms with Crippen molar-refractivity contribution in [2.24, 2.45) is 46.3 Å². The molecule has 7 unspecified atom stereocenters. The summed E-state index contributed by atoms with van der Waals surface area (Å²) in [6.07, 6.45) is 5.23. The fourth-order valence-electron chi connectivity index (χ4n) is 8.20. The van der Waals surface area contributed by atoms with Crippen LogP contribution in [0, 0.1) is 46.3 Å². The molecule has 3 saturated carbocycles. The minimum Gasteiger partial charge on any atom is -0.481 e. The Balaban J connectivity index is 1.55. The van der Waals surface area contributed by atoms with Gasteiger partial charge in [-0.05, 0) is 91.7 Å². The van der Waals surface area contributed by atoms with Crippen LogP contribution in [0.15, 0.2) is 11.6 Å². The van der Waals surface area contributed by atoms with E-state index in [0.29, 0.717) is 18.8 Å². The van der Waals surface area contributed by atoms with E-state index >= 15 is 0 Å². The van der Waals surface area contributed by atoms with Crippen molar-refractivity contribution in [3.8, 4) is 0 Å². The number of carboxylic acid groups (broad SMARTS) is 1. The van der Waals surface area contributed by atoms with Crippen molar-refractivity contribution >= 4 is 5.97 Å². The van der Waals surface area contributed by atoms with E-state index in [1.54, 1.807) is 6.08 Å². The van der Waals surface area contributed by atoms with Gasteiger partial charge in [-0.25, -0.2) is 0 Å². The van der Waals surface area contributed by atoms with Crippen molar-refractivity contribution in [1.82, 2.24) is 0 Å². The van der Waals surface area contributed by atoms with Gasteiger partial charge in [0.25, 0.3) is 0 Å². The molecule has 0 amide bonds. The first-order chi connectivity index (χ1) is 15.6. The third-order valence-corrected chi connectivity index (χ3v) is 10.1. The highest BCUT2D eigenvalue weighted by molar-refractivity contribution is 5.69. The van der Waals surface area contributed by atoms with E-state index in [1.807, 2.05) is 0 Å². The Morgan fingerprint density at radius 3 is 2.65 bits per heavy atom. The van der Waals surface area contributed by atoms with Gasteiger partial charge >= 0.3 is 5.97 Å². The molecule has 0 aromatic carbocycles. The van der Waals surface area contributed by atoms with Crippen LogP contribution in [0.5, 0.6) is 0 Å². The first kappa shape index (κ1) is 19.6. The van der Waals surface area contributed by atoms with Gasteiger partial charge in [-0.3, -0.25) is 4.79 Å². The fourth-order valence-corrected chi connectivity index (χ4v) is 8.20. The molecular formula is C27H44O4. The van der Waals surface area contributed by atoms with Crippen molar-refractivity contribution < 1.29 is 24.2 Å². The van der Waals surface area contributed by atoms with Crippen LogP contribution in [0.25, 0.3) is 0 Å². The highest BCUT2D eigenvalue weighted by Crippen LogP contribution is 2.67. The predicted octanol–water partition coefficient (Wildman–Crippen LogP) is 5.42. The topological polar surface area (TPSA) is 77.8 Å². The normalized spacial score (nSPS) is 50.6. The number of fused-ring (bicyclic) bond motifs is 5. The molecule has 0 aromatic rings. The molecule has 3 N–H and O–H groups in total. The highest BCUT2D eigenvalue weighted by atomic mass is 16.4. The molecule has 4 rings (SSSR count). The van der Waals surface area contributed by atoms with Crippen LogP contribution in [-0.4, -0.2) is 33.5 Å². The van der Waals surface area contributed by atoms with Crippen LogP contribution in [-0.2, 0) is 4.79 Å². The summed E-state index contributed by atoms with van der Waals surface area (Å²) in [7, 11) is 0. The molecule has 0 saturated heterocycles. The van der Waals surface area contributed by atoms with Crippen molar-refractivity contribution in [2.75, 3.05) is 0 Å². The summed E-state index contributed by atoms with van der Waals surface area (Å²) in [5.74, 6) is -1.10. The Labute approximate surface area is 192 Å². The SMILES string of the molecule is [2H]C1(O)C=C2C[C@@H](O)CC[C@]2(C)C2CC[C@]3(C)C(C(C)CCC([2H])([2H])C(C)C(=O)O)CCC3C21. The van der Waals surface area contributed by atoms with E-state index < -0.39 is 24.3 Å². The first-order valence-corrected chi connectivity index (χ1v) is 12.5. The van der Waals surface area contributed by atoms with Crippen LogP contribution in [0.2, 0.25) is 0 Å². The number of carboxylic acids is 1. The average Bonchev–Trinajstić information content (AvgIpc) is 3.09. The van der Waals surface area contributed by atoms with Crippen LogP contribution in [0.3, 0.4) is 0 Å². The second-order valence-electron chi connectivity index (χ2n) is 11.7. The molecule has 10 atom stereocenters. The number of rotatable bonds is 6. The first-order valence-electron chi connectivity index (χ1n) is 14.0. The predicted molar refractivity (Wildman–Crippen MR) is 122 cm³/mol. The lowest BCUT2D eigenvalue weighted by molar-refractivity contribution is -0.141. The summed E-state index contributed by atoms with van der Waals surface area (Å²) < 4.78 is 25.5. The minimum absolute atomic E-state index is 0.00335.